The number of nitrogens with zero attached hydrogens (tertiary/aromatic N) is 5. The van der Waals surface area contributed by atoms with Crippen molar-refractivity contribution in [3.8, 4) is 0 Å². The molecule has 0 spiro atoms. The molecular formula is C13H14N6O2S2. The van der Waals surface area contributed by atoms with E-state index in [0.29, 0.717) is 18.2 Å². The Balaban J connectivity index is 1.50. The fraction of sp³-hybridized carbons (Fsp3) is 0.385. The van der Waals surface area contributed by atoms with E-state index in [1.165, 1.54) is 29.9 Å². The number of carbonyl (C=O) groups excluding carboxylic acids is 2. The molecule has 120 valence electrons. The number of nitrogens with one attached hydrogen (secondary N) is 1. The van der Waals surface area contributed by atoms with E-state index in [9.17, 15) is 9.59 Å². The molecule has 0 atom stereocenters. The molecule has 1 aliphatic heterocycles. The molecule has 1 fully saturated rings. The Morgan fingerprint density at radius 2 is 2.22 bits per heavy atom. The van der Waals surface area contributed by atoms with Gasteiger partial charge in [-0.3, -0.25) is 14.6 Å². The summed E-state index contributed by atoms with van der Waals surface area (Å²) >= 11 is 2.93. The van der Waals surface area contributed by atoms with Crippen molar-refractivity contribution in [2.75, 3.05) is 24.2 Å². The third-order valence-corrected chi connectivity index (χ3v) is 5.08. The third kappa shape index (κ3) is 3.64. The van der Waals surface area contributed by atoms with Crippen LogP contribution in [0.2, 0.25) is 0 Å². The van der Waals surface area contributed by atoms with Crippen LogP contribution in [0.25, 0.3) is 0 Å². The molecule has 1 aliphatic rings. The SMILES string of the molecule is CCSc1nnc(NC(=O)C2CN(C(=O)c3cnccn3)C2)s1. The molecule has 2 aromatic heterocycles. The second-order valence-corrected chi connectivity index (χ2v) is 7.28. The highest BCUT2D eigenvalue weighted by Crippen LogP contribution is 2.26. The number of likely N-dealkylation sites (tertiary alicyclic amines) is 1. The first kappa shape index (κ1) is 15.8. The van der Waals surface area contributed by atoms with Crippen LogP contribution >= 0.6 is 23.1 Å². The first-order chi connectivity index (χ1) is 11.2. The van der Waals surface area contributed by atoms with E-state index in [0.717, 1.165) is 10.1 Å². The van der Waals surface area contributed by atoms with Crippen LogP contribution in [0.1, 0.15) is 17.4 Å². The van der Waals surface area contributed by atoms with E-state index in [4.69, 9.17) is 0 Å². The van der Waals surface area contributed by atoms with Gasteiger partial charge in [0.2, 0.25) is 11.0 Å². The van der Waals surface area contributed by atoms with E-state index in [1.54, 1.807) is 16.7 Å². The van der Waals surface area contributed by atoms with Gasteiger partial charge in [0.1, 0.15) is 5.69 Å². The van der Waals surface area contributed by atoms with Gasteiger partial charge in [0.15, 0.2) is 4.34 Å². The summed E-state index contributed by atoms with van der Waals surface area (Å²) in [7, 11) is 0. The molecule has 10 heteroatoms. The van der Waals surface area contributed by atoms with Gasteiger partial charge in [-0.1, -0.05) is 30.0 Å². The maximum Gasteiger partial charge on any atom is 0.274 e. The molecule has 23 heavy (non-hydrogen) atoms. The molecular weight excluding hydrogens is 336 g/mol. The standard InChI is InChI=1S/C13H14N6O2S2/c1-2-22-13-18-17-12(23-13)16-10(20)8-6-19(7-8)11(21)9-5-14-3-4-15-9/h3-5,8H,2,6-7H2,1H3,(H,16,17,20). The van der Waals surface area contributed by atoms with Crippen molar-refractivity contribution in [1.29, 1.82) is 0 Å². The zero-order valence-electron chi connectivity index (χ0n) is 12.3. The molecule has 0 aliphatic carbocycles. The molecule has 2 aromatic rings. The molecule has 2 amide bonds. The highest BCUT2D eigenvalue weighted by atomic mass is 32.2. The lowest BCUT2D eigenvalue weighted by atomic mass is 9.99. The molecule has 0 radical (unpaired) electrons. The summed E-state index contributed by atoms with van der Waals surface area (Å²) in [6.45, 7) is 2.77. The summed E-state index contributed by atoms with van der Waals surface area (Å²) < 4.78 is 0.830. The second kappa shape index (κ2) is 7.01. The summed E-state index contributed by atoms with van der Waals surface area (Å²) in [5, 5.41) is 11.2. The van der Waals surface area contributed by atoms with E-state index in [2.05, 4.69) is 25.5 Å². The summed E-state index contributed by atoms with van der Waals surface area (Å²) in [5.74, 6) is 0.323. The molecule has 3 heterocycles. The number of anilines is 1. The maximum absolute atomic E-state index is 12.1. The van der Waals surface area contributed by atoms with Crippen LogP contribution in [0.4, 0.5) is 5.13 Å². The first-order valence-corrected chi connectivity index (χ1v) is 8.80. The van der Waals surface area contributed by atoms with Crippen LogP contribution in [0.15, 0.2) is 22.9 Å². The van der Waals surface area contributed by atoms with E-state index in [-0.39, 0.29) is 23.4 Å². The molecule has 0 unspecified atom stereocenters. The molecule has 0 aromatic carbocycles. The first-order valence-electron chi connectivity index (χ1n) is 7.00. The van der Waals surface area contributed by atoms with Gasteiger partial charge in [0.05, 0.1) is 12.1 Å². The van der Waals surface area contributed by atoms with Crippen molar-refractivity contribution in [1.82, 2.24) is 25.1 Å². The summed E-state index contributed by atoms with van der Waals surface area (Å²) in [5.41, 5.74) is 0.289. The molecule has 1 N–H and O–H groups in total. The second-order valence-electron chi connectivity index (χ2n) is 4.79. The van der Waals surface area contributed by atoms with Gasteiger partial charge < -0.3 is 10.2 Å². The third-order valence-electron chi connectivity index (χ3n) is 3.23. The maximum atomic E-state index is 12.1. The Hall–Kier alpha value is -2.07. The molecule has 3 rings (SSSR count). The zero-order chi connectivity index (χ0) is 16.2. The van der Waals surface area contributed by atoms with Crippen molar-refractivity contribution in [2.24, 2.45) is 5.92 Å². The topological polar surface area (TPSA) is 101 Å². The predicted octanol–water partition coefficient (Wildman–Crippen LogP) is 1.15. The number of aromatic nitrogens is 4. The van der Waals surface area contributed by atoms with Gasteiger partial charge in [-0.05, 0) is 5.75 Å². The number of amides is 2. The summed E-state index contributed by atoms with van der Waals surface area (Å²) in [6, 6.07) is 0. The largest absolute Gasteiger partial charge is 0.336 e. The highest BCUT2D eigenvalue weighted by molar-refractivity contribution is 8.01. The van der Waals surface area contributed by atoms with Crippen LogP contribution < -0.4 is 5.32 Å². The fourth-order valence-electron chi connectivity index (χ4n) is 2.03. The van der Waals surface area contributed by atoms with Gasteiger partial charge in [0, 0.05) is 25.5 Å². The number of carbonyl (C=O) groups is 2. The fourth-order valence-corrected chi connectivity index (χ4v) is 3.68. The minimum atomic E-state index is -0.234. The molecule has 1 saturated heterocycles. The number of hydrogen-bond acceptors (Lipinski definition) is 8. The Bertz CT molecular complexity index is 702. The van der Waals surface area contributed by atoms with Crippen molar-refractivity contribution >= 4 is 40.0 Å². The Morgan fingerprint density at radius 1 is 1.39 bits per heavy atom. The molecule has 8 nitrogen and oxygen atoms in total. The van der Waals surface area contributed by atoms with Crippen LogP contribution in [0.5, 0.6) is 0 Å². The van der Waals surface area contributed by atoms with E-state index in [1.807, 2.05) is 6.92 Å². The Kier molecular flexibility index (Phi) is 4.82. The van der Waals surface area contributed by atoms with Gasteiger partial charge in [-0.25, -0.2) is 4.98 Å². The van der Waals surface area contributed by atoms with Crippen molar-refractivity contribution in [3.63, 3.8) is 0 Å². The molecule has 0 bridgehead atoms. The van der Waals surface area contributed by atoms with Crippen LogP contribution in [0.3, 0.4) is 0 Å². The summed E-state index contributed by atoms with van der Waals surface area (Å²) in [6.07, 6.45) is 4.40. The minimum absolute atomic E-state index is 0.141. The van der Waals surface area contributed by atoms with Gasteiger partial charge >= 0.3 is 0 Å². The van der Waals surface area contributed by atoms with E-state index >= 15 is 0 Å². The smallest absolute Gasteiger partial charge is 0.274 e. The highest BCUT2D eigenvalue weighted by Gasteiger charge is 2.36. The summed E-state index contributed by atoms with van der Waals surface area (Å²) in [4.78, 5) is 33.6. The van der Waals surface area contributed by atoms with Crippen LogP contribution in [-0.2, 0) is 4.79 Å². The molecule has 0 saturated carbocycles. The monoisotopic (exact) mass is 350 g/mol. The lowest BCUT2D eigenvalue weighted by Crippen LogP contribution is -2.54. The predicted molar refractivity (Wildman–Crippen MR) is 86.4 cm³/mol. The van der Waals surface area contributed by atoms with Gasteiger partial charge in [-0.15, -0.1) is 10.2 Å². The number of rotatable bonds is 5. The van der Waals surface area contributed by atoms with Gasteiger partial charge in [-0.2, -0.15) is 0 Å². The van der Waals surface area contributed by atoms with Crippen molar-refractivity contribution in [2.45, 2.75) is 11.3 Å². The Morgan fingerprint density at radius 3 is 2.91 bits per heavy atom. The van der Waals surface area contributed by atoms with Gasteiger partial charge in [0.25, 0.3) is 5.91 Å². The zero-order valence-corrected chi connectivity index (χ0v) is 13.9. The van der Waals surface area contributed by atoms with Crippen LogP contribution in [-0.4, -0.2) is 55.7 Å². The van der Waals surface area contributed by atoms with E-state index < -0.39 is 0 Å². The van der Waals surface area contributed by atoms with Crippen LogP contribution in [0, 0.1) is 5.92 Å². The Labute approximate surface area is 140 Å². The number of thioether (sulfide) groups is 1. The average Bonchev–Trinajstić information content (AvgIpc) is 2.94. The quantitative estimate of drug-likeness (QED) is 0.637. The lowest BCUT2D eigenvalue weighted by molar-refractivity contribution is -0.123. The van der Waals surface area contributed by atoms with Crippen molar-refractivity contribution in [3.05, 3.63) is 24.3 Å². The average molecular weight is 350 g/mol. The normalized spacial score (nSPS) is 14.4. The van der Waals surface area contributed by atoms with Crippen molar-refractivity contribution < 1.29 is 9.59 Å². The minimum Gasteiger partial charge on any atom is -0.336 e. The number of hydrogen-bond donors (Lipinski definition) is 1. The lowest BCUT2D eigenvalue weighted by Gasteiger charge is -2.37.